The average Bonchev–Trinajstić information content (AvgIpc) is 2.92. The van der Waals surface area contributed by atoms with Crippen molar-refractivity contribution in [3.05, 3.63) is 118 Å². The molecule has 1 N–H and O–H groups in total. The summed E-state index contributed by atoms with van der Waals surface area (Å²) in [5.41, 5.74) is 2.35. The molecule has 5 heteroatoms. The number of fused-ring (bicyclic) bond motifs is 2. The van der Waals surface area contributed by atoms with Gasteiger partial charge in [-0.2, -0.15) is 0 Å². The Hall–Kier alpha value is -3.25. The Morgan fingerprint density at radius 2 is 1.59 bits per heavy atom. The maximum atomic E-state index is 12.9. The molecule has 0 radical (unpaired) electrons. The number of hydrogen-bond donors (Lipinski definition) is 1. The van der Waals surface area contributed by atoms with Gasteiger partial charge in [-0.05, 0) is 72.7 Å². The van der Waals surface area contributed by atoms with Gasteiger partial charge in [-0.3, -0.25) is 0 Å². The second-order valence-electron chi connectivity index (χ2n) is 9.81. The van der Waals surface area contributed by atoms with Crippen LogP contribution in [0.5, 0.6) is 5.88 Å². The fourth-order valence-electron chi connectivity index (χ4n) is 5.18. The molecule has 0 saturated carbocycles. The molecule has 37 heavy (non-hydrogen) atoms. The Morgan fingerprint density at radius 3 is 2.32 bits per heavy atom. The number of nitrogens with zero attached hydrogens (tertiary/aromatic N) is 2. The molecular formula is C32H31BrN2O2. The Labute approximate surface area is 226 Å². The first kappa shape index (κ1) is 25.4. The van der Waals surface area contributed by atoms with Crippen molar-refractivity contribution in [1.29, 1.82) is 0 Å². The van der Waals surface area contributed by atoms with Gasteiger partial charge in [0.1, 0.15) is 5.60 Å². The molecule has 4 aromatic carbocycles. The van der Waals surface area contributed by atoms with E-state index in [0.29, 0.717) is 18.8 Å². The standard InChI is InChI=1S/C32H31BrN2O2/c1-35(2)18-17-32(36,26-14-13-22-9-7-8-12-24(22)19-26)30(23-10-5-4-6-11-23)28-21-25-20-27(33)15-16-29(25)34-31(28)37-3/h4-16,19-21,30,36H,17-18H2,1-3H3/t30-,32?/m0/s1. The number of methoxy groups -OCH3 is 1. The van der Waals surface area contributed by atoms with Crippen molar-refractivity contribution in [2.24, 2.45) is 0 Å². The van der Waals surface area contributed by atoms with Gasteiger partial charge in [0, 0.05) is 27.9 Å². The summed E-state index contributed by atoms with van der Waals surface area (Å²) in [6.07, 6.45) is 0.525. The van der Waals surface area contributed by atoms with E-state index in [-0.39, 0.29) is 0 Å². The first-order valence-electron chi connectivity index (χ1n) is 12.4. The zero-order valence-electron chi connectivity index (χ0n) is 21.4. The van der Waals surface area contributed by atoms with Gasteiger partial charge in [0.25, 0.3) is 0 Å². The summed E-state index contributed by atoms with van der Waals surface area (Å²) in [6, 6.07) is 32.9. The number of hydrogen-bond acceptors (Lipinski definition) is 4. The number of aliphatic hydroxyl groups is 1. The van der Waals surface area contributed by atoms with Crippen molar-refractivity contribution in [1.82, 2.24) is 9.88 Å². The van der Waals surface area contributed by atoms with E-state index < -0.39 is 11.5 Å². The van der Waals surface area contributed by atoms with Crippen LogP contribution >= 0.6 is 15.9 Å². The van der Waals surface area contributed by atoms with Gasteiger partial charge < -0.3 is 14.7 Å². The molecule has 5 aromatic rings. The van der Waals surface area contributed by atoms with Crippen LogP contribution in [0.25, 0.3) is 21.7 Å². The third-order valence-corrected chi connectivity index (χ3v) is 7.57. The van der Waals surface area contributed by atoms with Crippen LogP contribution in [0.3, 0.4) is 0 Å². The molecule has 1 heterocycles. The maximum Gasteiger partial charge on any atom is 0.217 e. The van der Waals surface area contributed by atoms with Gasteiger partial charge in [0.2, 0.25) is 5.88 Å². The number of halogens is 1. The minimum atomic E-state index is -1.23. The highest BCUT2D eigenvalue weighted by atomic mass is 79.9. The lowest BCUT2D eigenvalue weighted by Gasteiger charge is -2.39. The van der Waals surface area contributed by atoms with Gasteiger partial charge in [-0.1, -0.05) is 82.7 Å². The predicted octanol–water partition coefficient (Wildman–Crippen LogP) is 7.13. The molecule has 188 valence electrons. The third kappa shape index (κ3) is 5.12. The highest BCUT2D eigenvalue weighted by molar-refractivity contribution is 9.10. The quantitative estimate of drug-likeness (QED) is 0.221. The molecule has 0 aliphatic heterocycles. The van der Waals surface area contributed by atoms with E-state index in [1.165, 1.54) is 0 Å². The largest absolute Gasteiger partial charge is 0.481 e. The van der Waals surface area contributed by atoms with Crippen LogP contribution in [0.2, 0.25) is 0 Å². The molecule has 0 bridgehead atoms. The van der Waals surface area contributed by atoms with Gasteiger partial charge >= 0.3 is 0 Å². The first-order chi connectivity index (χ1) is 17.9. The lowest BCUT2D eigenvalue weighted by atomic mass is 9.71. The summed E-state index contributed by atoms with van der Waals surface area (Å²) in [5.74, 6) is 0.105. The Bertz CT molecular complexity index is 1540. The van der Waals surface area contributed by atoms with Crippen LogP contribution in [0, 0.1) is 0 Å². The summed E-state index contributed by atoms with van der Waals surface area (Å²) >= 11 is 3.60. The first-order valence-corrected chi connectivity index (χ1v) is 13.2. The summed E-state index contributed by atoms with van der Waals surface area (Å²) in [5, 5.41) is 16.1. The Kier molecular flexibility index (Phi) is 7.29. The molecule has 0 aliphatic carbocycles. The molecule has 0 saturated heterocycles. The van der Waals surface area contributed by atoms with Crippen LogP contribution < -0.4 is 4.74 Å². The topological polar surface area (TPSA) is 45.6 Å². The number of ether oxygens (including phenoxy) is 1. The van der Waals surface area contributed by atoms with Crippen molar-refractivity contribution >= 4 is 37.6 Å². The van der Waals surface area contributed by atoms with Crippen molar-refractivity contribution in [3.8, 4) is 5.88 Å². The molecule has 1 aromatic heterocycles. The van der Waals surface area contributed by atoms with E-state index in [1.807, 2.05) is 56.6 Å². The fourth-order valence-corrected chi connectivity index (χ4v) is 5.56. The second kappa shape index (κ2) is 10.6. The van der Waals surface area contributed by atoms with E-state index in [9.17, 15) is 5.11 Å². The van der Waals surface area contributed by atoms with E-state index >= 15 is 0 Å². The predicted molar refractivity (Wildman–Crippen MR) is 155 cm³/mol. The molecule has 0 fully saturated rings. The van der Waals surface area contributed by atoms with E-state index in [4.69, 9.17) is 9.72 Å². The zero-order valence-corrected chi connectivity index (χ0v) is 22.9. The minimum Gasteiger partial charge on any atom is -0.481 e. The molecular weight excluding hydrogens is 524 g/mol. The monoisotopic (exact) mass is 554 g/mol. The molecule has 5 rings (SSSR count). The van der Waals surface area contributed by atoms with Crippen LogP contribution in [-0.2, 0) is 5.60 Å². The summed E-state index contributed by atoms with van der Waals surface area (Å²) < 4.78 is 6.85. The Balaban J connectivity index is 1.80. The molecule has 0 spiro atoms. The molecule has 2 atom stereocenters. The van der Waals surface area contributed by atoms with Gasteiger partial charge in [0.05, 0.1) is 12.6 Å². The highest BCUT2D eigenvalue weighted by Crippen LogP contribution is 2.47. The number of aromatic nitrogens is 1. The third-order valence-electron chi connectivity index (χ3n) is 7.07. The average molecular weight is 556 g/mol. The second-order valence-corrected chi connectivity index (χ2v) is 10.7. The van der Waals surface area contributed by atoms with Crippen LogP contribution in [0.4, 0.5) is 0 Å². The summed E-state index contributed by atoms with van der Waals surface area (Å²) in [6.45, 7) is 0.710. The molecule has 1 unspecified atom stereocenters. The van der Waals surface area contributed by atoms with Gasteiger partial charge in [0.15, 0.2) is 0 Å². The Morgan fingerprint density at radius 1 is 0.865 bits per heavy atom. The number of rotatable bonds is 8. The summed E-state index contributed by atoms with van der Waals surface area (Å²) in [4.78, 5) is 6.98. The van der Waals surface area contributed by atoms with Crippen molar-refractivity contribution in [2.45, 2.75) is 17.9 Å². The maximum absolute atomic E-state index is 12.9. The summed E-state index contributed by atoms with van der Waals surface area (Å²) in [7, 11) is 5.72. The molecule has 0 amide bonds. The van der Waals surface area contributed by atoms with Crippen molar-refractivity contribution in [2.75, 3.05) is 27.7 Å². The van der Waals surface area contributed by atoms with Crippen molar-refractivity contribution in [3.63, 3.8) is 0 Å². The van der Waals surface area contributed by atoms with E-state index in [1.54, 1.807) is 7.11 Å². The van der Waals surface area contributed by atoms with Crippen molar-refractivity contribution < 1.29 is 9.84 Å². The van der Waals surface area contributed by atoms with Crippen LogP contribution in [0.1, 0.15) is 29.0 Å². The smallest absolute Gasteiger partial charge is 0.217 e. The SMILES string of the molecule is COc1nc2ccc(Br)cc2cc1[C@H](c1ccccc1)C(O)(CCN(C)C)c1ccc2ccccc2c1. The zero-order chi connectivity index (χ0) is 26.0. The van der Waals surface area contributed by atoms with Crippen LogP contribution in [-0.4, -0.2) is 42.7 Å². The molecule has 4 nitrogen and oxygen atoms in total. The van der Waals surface area contributed by atoms with E-state index in [2.05, 4.69) is 75.4 Å². The highest BCUT2D eigenvalue weighted by Gasteiger charge is 2.42. The number of pyridine rings is 1. The number of benzene rings is 4. The minimum absolute atomic E-state index is 0.416. The lowest BCUT2D eigenvalue weighted by molar-refractivity contribution is 0.00392. The van der Waals surface area contributed by atoms with Gasteiger partial charge in [-0.15, -0.1) is 0 Å². The van der Waals surface area contributed by atoms with Crippen LogP contribution in [0.15, 0.2) is 102 Å². The van der Waals surface area contributed by atoms with E-state index in [0.717, 1.165) is 42.8 Å². The van der Waals surface area contributed by atoms with Gasteiger partial charge in [-0.25, -0.2) is 4.98 Å². The lowest BCUT2D eigenvalue weighted by Crippen LogP contribution is -2.37. The molecule has 0 aliphatic rings. The normalized spacial score (nSPS) is 14.1. The fraction of sp³-hybridized carbons (Fsp3) is 0.219.